The molecule has 2 aromatic carbocycles. The Balaban J connectivity index is 1.92. The molecule has 0 saturated heterocycles. The minimum atomic E-state index is -4.80. The van der Waals surface area contributed by atoms with Crippen molar-refractivity contribution in [3.63, 3.8) is 0 Å². The first kappa shape index (κ1) is 22.6. The lowest BCUT2D eigenvalue weighted by Gasteiger charge is -2.15. The smallest absolute Gasteiger partial charge is 0.406 e. The maximum absolute atomic E-state index is 12.6. The van der Waals surface area contributed by atoms with Crippen LogP contribution in [0.2, 0.25) is 5.02 Å². The zero-order chi connectivity index (χ0) is 22.4. The highest BCUT2D eigenvalue weighted by Gasteiger charge is 2.31. The average Bonchev–Trinajstić information content (AvgIpc) is 2.72. The Kier molecular flexibility index (Phi) is 7.19. The number of benzene rings is 2. The molecule has 0 aliphatic carbocycles. The van der Waals surface area contributed by atoms with Gasteiger partial charge in [0.05, 0.1) is 12.3 Å². The van der Waals surface area contributed by atoms with E-state index in [1.807, 2.05) is 18.2 Å². The molecule has 0 unspecified atom stereocenters. The summed E-state index contributed by atoms with van der Waals surface area (Å²) in [5.41, 5.74) is 1.63. The number of hydrogen-bond donors (Lipinski definition) is 3. The lowest BCUT2D eigenvalue weighted by Crippen LogP contribution is -2.21. The molecule has 3 N–H and O–H groups in total. The molecule has 1 heterocycles. The van der Waals surface area contributed by atoms with E-state index >= 15 is 0 Å². The Morgan fingerprint density at radius 3 is 2.58 bits per heavy atom. The number of anilines is 2. The van der Waals surface area contributed by atoms with Crippen molar-refractivity contribution in [2.24, 2.45) is 0 Å². The van der Waals surface area contributed by atoms with Crippen molar-refractivity contribution in [3.8, 4) is 17.0 Å². The quantitative estimate of drug-likeness (QED) is 0.441. The Morgan fingerprint density at radius 2 is 1.87 bits per heavy atom. The van der Waals surface area contributed by atoms with Gasteiger partial charge in [-0.3, -0.25) is 0 Å². The monoisotopic (exact) mass is 452 g/mol. The number of ether oxygens (including phenoxy) is 1. The summed E-state index contributed by atoms with van der Waals surface area (Å²) in [6.07, 6.45) is -4.80. The summed E-state index contributed by atoms with van der Waals surface area (Å²) >= 11 is 6.19. The van der Waals surface area contributed by atoms with Crippen molar-refractivity contribution in [1.82, 2.24) is 9.97 Å². The van der Waals surface area contributed by atoms with Crippen molar-refractivity contribution < 1.29 is 23.0 Å². The fourth-order valence-electron chi connectivity index (χ4n) is 2.70. The third kappa shape index (κ3) is 6.73. The molecule has 0 amide bonds. The van der Waals surface area contributed by atoms with Gasteiger partial charge in [-0.25, -0.2) is 4.98 Å². The average molecular weight is 453 g/mol. The van der Waals surface area contributed by atoms with Crippen molar-refractivity contribution in [1.29, 1.82) is 0 Å². The molecule has 1 aromatic heterocycles. The van der Waals surface area contributed by atoms with Gasteiger partial charge in [0.2, 0.25) is 5.95 Å². The fraction of sp³-hybridized carbons (Fsp3) is 0.238. The first-order valence-corrected chi connectivity index (χ1v) is 9.71. The number of aliphatic hydroxyl groups is 1. The molecular weight excluding hydrogens is 433 g/mol. The molecule has 10 heteroatoms. The lowest BCUT2D eigenvalue weighted by molar-refractivity contribution is -0.274. The van der Waals surface area contributed by atoms with E-state index in [2.05, 4.69) is 25.3 Å². The molecule has 6 nitrogen and oxygen atoms in total. The van der Waals surface area contributed by atoms with Crippen LogP contribution in [0.25, 0.3) is 11.3 Å². The summed E-state index contributed by atoms with van der Waals surface area (Å²) in [6, 6.07) is 14.1. The number of rotatable bonds is 8. The fourth-order valence-corrected chi connectivity index (χ4v) is 2.90. The van der Waals surface area contributed by atoms with Crippen LogP contribution in [0.3, 0.4) is 0 Å². The summed E-state index contributed by atoms with van der Waals surface area (Å²) in [5.74, 6) is 0.287. The largest absolute Gasteiger partial charge is 0.573 e. The van der Waals surface area contributed by atoms with Crippen LogP contribution < -0.4 is 15.4 Å². The van der Waals surface area contributed by atoms with Gasteiger partial charge >= 0.3 is 6.36 Å². The van der Waals surface area contributed by atoms with Crippen LogP contribution in [0.1, 0.15) is 12.5 Å². The molecule has 0 spiro atoms. The van der Waals surface area contributed by atoms with Gasteiger partial charge in [0.25, 0.3) is 0 Å². The van der Waals surface area contributed by atoms with E-state index in [1.165, 1.54) is 18.2 Å². The standard InChI is InChI=1S/C21H20ClF3N4O2/c1-13(12-30)27-20-28-18(14-6-4-7-16(9-14)31-21(23,24)25)10-19(29-20)26-11-15-5-2-3-8-17(15)22/h2-10,13,30H,11-12H2,1H3,(H2,26,27,28,29)/t13-/m0/s1. The molecule has 164 valence electrons. The summed E-state index contributed by atoms with van der Waals surface area (Å²) in [5, 5.41) is 16.0. The van der Waals surface area contributed by atoms with Crippen LogP contribution in [0.5, 0.6) is 5.75 Å². The number of aliphatic hydroxyl groups excluding tert-OH is 1. The molecular formula is C21H20ClF3N4O2. The molecule has 0 bridgehead atoms. The van der Waals surface area contributed by atoms with Crippen LogP contribution in [-0.2, 0) is 6.54 Å². The van der Waals surface area contributed by atoms with E-state index in [-0.39, 0.29) is 24.3 Å². The zero-order valence-electron chi connectivity index (χ0n) is 16.4. The maximum atomic E-state index is 12.6. The predicted octanol–water partition coefficient (Wildman–Crippen LogP) is 5.10. The molecule has 0 aliphatic heterocycles. The molecule has 3 aromatic rings. The zero-order valence-corrected chi connectivity index (χ0v) is 17.2. The summed E-state index contributed by atoms with van der Waals surface area (Å²) in [4.78, 5) is 8.74. The minimum absolute atomic E-state index is 0.148. The van der Waals surface area contributed by atoms with Crippen LogP contribution in [0.15, 0.2) is 54.6 Å². The van der Waals surface area contributed by atoms with Gasteiger partial charge in [0.1, 0.15) is 11.6 Å². The van der Waals surface area contributed by atoms with E-state index < -0.39 is 6.36 Å². The second-order valence-corrected chi connectivity index (χ2v) is 7.12. The Hall–Kier alpha value is -3.04. The summed E-state index contributed by atoms with van der Waals surface area (Å²) in [7, 11) is 0. The van der Waals surface area contributed by atoms with Crippen LogP contribution in [0.4, 0.5) is 24.9 Å². The second kappa shape index (κ2) is 9.84. The maximum Gasteiger partial charge on any atom is 0.573 e. The van der Waals surface area contributed by atoms with Crippen molar-refractivity contribution in [2.45, 2.75) is 25.9 Å². The Morgan fingerprint density at radius 1 is 1.10 bits per heavy atom. The van der Waals surface area contributed by atoms with Gasteiger partial charge < -0.3 is 20.5 Å². The van der Waals surface area contributed by atoms with Crippen molar-refractivity contribution >= 4 is 23.4 Å². The normalized spacial score (nSPS) is 12.3. The van der Waals surface area contributed by atoms with E-state index in [9.17, 15) is 18.3 Å². The van der Waals surface area contributed by atoms with Crippen molar-refractivity contribution in [3.05, 3.63) is 65.2 Å². The molecule has 1 atom stereocenters. The van der Waals surface area contributed by atoms with E-state index in [1.54, 1.807) is 25.1 Å². The van der Waals surface area contributed by atoms with Crippen LogP contribution in [0, 0.1) is 0 Å². The number of hydrogen-bond acceptors (Lipinski definition) is 6. The highest BCUT2D eigenvalue weighted by Crippen LogP contribution is 2.29. The highest BCUT2D eigenvalue weighted by molar-refractivity contribution is 6.31. The molecule has 0 radical (unpaired) electrons. The number of aromatic nitrogens is 2. The third-order valence-electron chi connectivity index (χ3n) is 4.16. The SMILES string of the molecule is C[C@@H](CO)Nc1nc(NCc2ccccc2Cl)cc(-c2cccc(OC(F)(F)F)c2)n1. The molecule has 0 fully saturated rings. The van der Waals surface area contributed by atoms with Crippen LogP contribution in [-0.4, -0.2) is 34.1 Å². The first-order chi connectivity index (χ1) is 14.7. The van der Waals surface area contributed by atoms with Gasteiger partial charge in [-0.05, 0) is 30.7 Å². The minimum Gasteiger partial charge on any atom is -0.406 e. The number of nitrogens with one attached hydrogen (secondary N) is 2. The first-order valence-electron chi connectivity index (χ1n) is 9.33. The van der Waals surface area contributed by atoms with Gasteiger partial charge in [-0.1, -0.05) is 41.9 Å². The van der Waals surface area contributed by atoms with Gasteiger partial charge in [0, 0.05) is 29.2 Å². The summed E-state index contributed by atoms with van der Waals surface area (Å²) in [6.45, 7) is 1.97. The number of nitrogens with zero attached hydrogens (tertiary/aromatic N) is 2. The summed E-state index contributed by atoms with van der Waals surface area (Å²) < 4.78 is 41.7. The number of alkyl halides is 3. The van der Waals surface area contributed by atoms with E-state index in [4.69, 9.17) is 11.6 Å². The van der Waals surface area contributed by atoms with E-state index in [0.717, 1.165) is 5.56 Å². The molecule has 0 aliphatic rings. The molecule has 3 rings (SSSR count). The van der Waals surface area contributed by atoms with Gasteiger partial charge in [-0.2, -0.15) is 4.98 Å². The molecule has 31 heavy (non-hydrogen) atoms. The van der Waals surface area contributed by atoms with Gasteiger partial charge in [0.15, 0.2) is 0 Å². The third-order valence-corrected chi connectivity index (χ3v) is 4.53. The Bertz CT molecular complexity index is 1030. The predicted molar refractivity (Wildman–Crippen MR) is 113 cm³/mol. The van der Waals surface area contributed by atoms with Crippen molar-refractivity contribution in [2.75, 3.05) is 17.2 Å². The van der Waals surface area contributed by atoms with Crippen LogP contribution >= 0.6 is 11.6 Å². The topological polar surface area (TPSA) is 79.3 Å². The Labute approximate surface area is 182 Å². The van der Waals surface area contributed by atoms with Gasteiger partial charge in [-0.15, -0.1) is 13.2 Å². The second-order valence-electron chi connectivity index (χ2n) is 6.71. The molecule has 0 saturated carbocycles. The lowest BCUT2D eigenvalue weighted by atomic mass is 10.1. The number of halogens is 4. The van der Waals surface area contributed by atoms with E-state index in [0.29, 0.717) is 28.6 Å². The highest BCUT2D eigenvalue weighted by atomic mass is 35.5.